The monoisotopic (exact) mass is 568 g/mol. The maximum atomic E-state index is 13.6. The van der Waals surface area contributed by atoms with Crippen molar-refractivity contribution < 1.29 is 18.5 Å². The summed E-state index contributed by atoms with van der Waals surface area (Å²) in [7, 11) is -1.32. The lowest BCUT2D eigenvalue weighted by molar-refractivity contribution is 0.345. The van der Waals surface area contributed by atoms with Gasteiger partial charge in [0.25, 0.3) is 0 Å². The molecule has 0 aliphatic carbocycles. The molecule has 1 unspecified atom stereocenters. The van der Waals surface area contributed by atoms with Crippen LogP contribution in [0, 0.1) is 18.6 Å². The molecule has 1 aliphatic heterocycles. The van der Waals surface area contributed by atoms with E-state index in [2.05, 4.69) is 10.3 Å². The van der Waals surface area contributed by atoms with Crippen molar-refractivity contribution in [2.24, 2.45) is 0 Å². The molecule has 1 aliphatic rings. The normalized spacial score (nSPS) is 15.3. The SMILES string of the molecule is Cc1cn2c(-c3ccnc(NC4CCN(S(=O)c5ccc(F)cc5)CC4)n3)c(-c3ccc(F)cc3)nc2s1.O. The summed E-state index contributed by atoms with van der Waals surface area (Å²) in [6.07, 6.45) is 5.28. The first-order valence-corrected chi connectivity index (χ1v) is 14.1. The average Bonchev–Trinajstić information content (AvgIpc) is 3.45. The number of nitrogens with zero attached hydrogens (tertiary/aromatic N) is 5. The van der Waals surface area contributed by atoms with Crippen molar-refractivity contribution in [3.8, 4) is 22.6 Å². The molecule has 0 spiro atoms. The highest BCUT2D eigenvalue weighted by molar-refractivity contribution is 7.82. The number of aromatic nitrogens is 4. The standard InChI is InChI=1S/C27H24F2N6OS2.H2O/c1-17-16-35-25(24(33-27(35)37-17)18-2-4-19(28)5-3-18)23-10-13-30-26(32-23)31-21-11-14-34(15-12-21)38(36)22-8-6-20(29)7-9-22;/h2-10,13,16,21H,11-12,14-15H2,1H3,(H,30,31,32);1H2. The first kappa shape index (κ1) is 27.0. The van der Waals surface area contributed by atoms with Crippen molar-refractivity contribution in [1.29, 1.82) is 0 Å². The van der Waals surface area contributed by atoms with Crippen LogP contribution >= 0.6 is 11.3 Å². The van der Waals surface area contributed by atoms with Crippen LogP contribution < -0.4 is 5.32 Å². The van der Waals surface area contributed by atoms with E-state index in [0.717, 1.165) is 39.6 Å². The first-order valence-electron chi connectivity index (χ1n) is 12.2. The van der Waals surface area contributed by atoms with Crippen LogP contribution in [0.4, 0.5) is 14.7 Å². The molecule has 0 radical (unpaired) electrons. The smallest absolute Gasteiger partial charge is 0.223 e. The molecule has 4 heterocycles. The zero-order valence-corrected chi connectivity index (χ0v) is 22.6. The number of piperidine rings is 1. The fourth-order valence-corrected chi connectivity index (χ4v) is 6.65. The van der Waals surface area contributed by atoms with Gasteiger partial charge in [-0.2, -0.15) is 0 Å². The number of hydrogen-bond donors (Lipinski definition) is 1. The topological polar surface area (TPSA) is 107 Å². The second kappa shape index (κ2) is 11.3. The van der Waals surface area contributed by atoms with Crippen molar-refractivity contribution in [2.75, 3.05) is 18.4 Å². The van der Waals surface area contributed by atoms with Crippen LogP contribution in [0.2, 0.25) is 0 Å². The highest BCUT2D eigenvalue weighted by Gasteiger charge is 2.25. The summed E-state index contributed by atoms with van der Waals surface area (Å²) in [4.78, 5) is 16.7. The van der Waals surface area contributed by atoms with E-state index in [1.807, 2.05) is 27.9 Å². The number of hydrogen-bond acceptors (Lipinski definition) is 6. The van der Waals surface area contributed by atoms with Gasteiger partial charge < -0.3 is 10.8 Å². The van der Waals surface area contributed by atoms with Gasteiger partial charge in [-0.15, -0.1) is 11.3 Å². The lowest BCUT2D eigenvalue weighted by Crippen LogP contribution is -2.40. The van der Waals surface area contributed by atoms with Crippen molar-refractivity contribution in [3.05, 3.63) is 83.5 Å². The van der Waals surface area contributed by atoms with E-state index in [-0.39, 0.29) is 23.2 Å². The molecule has 1 fully saturated rings. The van der Waals surface area contributed by atoms with Crippen LogP contribution in [-0.2, 0) is 11.0 Å². The Balaban J connectivity index is 0.00000308. The second-order valence-corrected chi connectivity index (χ2v) is 11.8. The van der Waals surface area contributed by atoms with Crippen LogP contribution in [0.5, 0.6) is 0 Å². The number of benzene rings is 2. The molecule has 0 amide bonds. The Kier molecular flexibility index (Phi) is 7.80. The molecule has 0 bridgehead atoms. The van der Waals surface area contributed by atoms with Crippen LogP contribution in [0.25, 0.3) is 27.6 Å². The molecule has 202 valence electrons. The fraction of sp³-hybridized carbons (Fsp3) is 0.222. The lowest BCUT2D eigenvalue weighted by atomic mass is 10.1. The molecular formula is C27H26F2N6O2S2. The van der Waals surface area contributed by atoms with Crippen molar-refractivity contribution in [3.63, 3.8) is 0 Å². The van der Waals surface area contributed by atoms with E-state index in [4.69, 9.17) is 9.97 Å². The number of aryl methyl sites for hydroxylation is 1. The van der Waals surface area contributed by atoms with E-state index in [0.29, 0.717) is 29.6 Å². The molecule has 3 N–H and O–H groups in total. The molecule has 12 heteroatoms. The number of halogens is 2. The van der Waals surface area contributed by atoms with Gasteiger partial charge in [0.15, 0.2) is 4.96 Å². The molecule has 1 atom stereocenters. The van der Waals surface area contributed by atoms with Crippen molar-refractivity contribution in [1.82, 2.24) is 23.7 Å². The molecule has 5 aromatic rings. The fourth-order valence-electron chi connectivity index (χ4n) is 4.62. The number of thiazole rings is 1. The zero-order chi connectivity index (χ0) is 26.2. The Hall–Kier alpha value is -3.58. The average molecular weight is 569 g/mol. The molecule has 3 aromatic heterocycles. The molecule has 0 saturated carbocycles. The molecule has 8 nitrogen and oxygen atoms in total. The lowest BCUT2D eigenvalue weighted by Gasteiger charge is -2.31. The minimum absolute atomic E-state index is 0. The molecule has 39 heavy (non-hydrogen) atoms. The number of imidazole rings is 1. The largest absolute Gasteiger partial charge is 0.412 e. The van der Waals surface area contributed by atoms with E-state index < -0.39 is 11.0 Å². The highest BCUT2D eigenvalue weighted by Crippen LogP contribution is 2.35. The summed E-state index contributed by atoms with van der Waals surface area (Å²) in [5.74, 6) is -0.132. The second-order valence-electron chi connectivity index (χ2n) is 9.13. The summed E-state index contributed by atoms with van der Waals surface area (Å²) in [6.45, 7) is 3.30. The number of nitrogens with one attached hydrogen (secondary N) is 1. The van der Waals surface area contributed by atoms with Crippen molar-refractivity contribution in [2.45, 2.75) is 30.7 Å². The van der Waals surface area contributed by atoms with Crippen LogP contribution in [-0.4, -0.2) is 52.5 Å². The van der Waals surface area contributed by atoms with Gasteiger partial charge in [0.1, 0.15) is 28.3 Å². The third kappa shape index (κ3) is 5.59. The Morgan fingerprint density at radius 3 is 2.33 bits per heavy atom. The summed E-state index contributed by atoms with van der Waals surface area (Å²) in [6, 6.07) is 14.1. The van der Waals surface area contributed by atoms with Gasteiger partial charge in [-0.25, -0.2) is 32.2 Å². The van der Waals surface area contributed by atoms with Gasteiger partial charge >= 0.3 is 0 Å². The first-order chi connectivity index (χ1) is 18.4. The van der Waals surface area contributed by atoms with E-state index in [1.54, 1.807) is 41.8 Å². The van der Waals surface area contributed by atoms with E-state index in [1.165, 1.54) is 24.3 Å². The quantitative estimate of drug-likeness (QED) is 0.314. The number of rotatable bonds is 6. The molecule has 1 saturated heterocycles. The third-order valence-electron chi connectivity index (χ3n) is 6.49. The minimum atomic E-state index is -1.32. The zero-order valence-electron chi connectivity index (χ0n) is 21.0. The number of anilines is 1. The Labute approximate surface area is 230 Å². The molecule has 2 aromatic carbocycles. The van der Waals surface area contributed by atoms with Gasteiger partial charge in [-0.1, -0.05) is 0 Å². The third-order valence-corrected chi connectivity index (χ3v) is 8.90. The Bertz CT molecular complexity index is 1610. The molecule has 6 rings (SSSR count). The summed E-state index contributed by atoms with van der Waals surface area (Å²) in [5, 5.41) is 3.44. The van der Waals surface area contributed by atoms with Gasteiger partial charge in [0, 0.05) is 42.0 Å². The maximum absolute atomic E-state index is 13.6. The highest BCUT2D eigenvalue weighted by atomic mass is 32.2. The van der Waals surface area contributed by atoms with Crippen molar-refractivity contribution >= 4 is 33.2 Å². The summed E-state index contributed by atoms with van der Waals surface area (Å²) < 4.78 is 43.6. The van der Waals surface area contributed by atoms with Gasteiger partial charge in [-0.3, -0.25) is 4.40 Å². The molecular weight excluding hydrogens is 542 g/mol. The predicted octanol–water partition coefficient (Wildman–Crippen LogP) is 4.88. The van der Waals surface area contributed by atoms with Gasteiger partial charge in [0.2, 0.25) is 5.95 Å². The minimum Gasteiger partial charge on any atom is -0.412 e. The van der Waals surface area contributed by atoms with Gasteiger partial charge in [0.05, 0.1) is 16.3 Å². The van der Waals surface area contributed by atoms with Crippen LogP contribution in [0.3, 0.4) is 0 Å². The Morgan fingerprint density at radius 1 is 0.974 bits per heavy atom. The van der Waals surface area contributed by atoms with Gasteiger partial charge in [-0.05, 0) is 74.4 Å². The number of fused-ring (bicyclic) bond motifs is 1. The predicted molar refractivity (Wildman–Crippen MR) is 149 cm³/mol. The van der Waals surface area contributed by atoms with Crippen LogP contribution in [0.1, 0.15) is 17.7 Å². The Morgan fingerprint density at radius 2 is 1.64 bits per heavy atom. The van der Waals surface area contributed by atoms with E-state index >= 15 is 0 Å². The summed E-state index contributed by atoms with van der Waals surface area (Å²) in [5.41, 5.74) is 3.08. The maximum Gasteiger partial charge on any atom is 0.223 e. The van der Waals surface area contributed by atoms with Crippen LogP contribution in [0.15, 0.2) is 71.9 Å². The van der Waals surface area contributed by atoms with E-state index in [9.17, 15) is 13.0 Å². The summed E-state index contributed by atoms with van der Waals surface area (Å²) >= 11 is 1.58.